The molecule has 0 saturated heterocycles. The first-order chi connectivity index (χ1) is 11.1. The van der Waals surface area contributed by atoms with Crippen molar-refractivity contribution < 1.29 is 27.8 Å². The van der Waals surface area contributed by atoms with Crippen LogP contribution in [-0.4, -0.2) is 16.4 Å². The maximum absolute atomic E-state index is 13.7. The van der Waals surface area contributed by atoms with Gasteiger partial charge in [0, 0.05) is 11.1 Å². The summed E-state index contributed by atoms with van der Waals surface area (Å²) in [7, 11) is 0. The van der Waals surface area contributed by atoms with Crippen LogP contribution in [0.2, 0.25) is 0 Å². The van der Waals surface area contributed by atoms with Crippen LogP contribution >= 0.6 is 0 Å². The summed E-state index contributed by atoms with van der Waals surface area (Å²) in [6.45, 7) is 1.06. The summed E-state index contributed by atoms with van der Waals surface area (Å²) in [5.41, 5.74) is -6.47. The monoisotopic (exact) mass is 338 g/mol. The van der Waals surface area contributed by atoms with Gasteiger partial charge in [-0.2, -0.15) is 13.2 Å². The van der Waals surface area contributed by atoms with Crippen LogP contribution in [0.5, 0.6) is 0 Å². The molecule has 126 valence electrons. The largest absolute Gasteiger partial charge is 0.433 e. The number of benzene rings is 2. The maximum atomic E-state index is 13.7. The number of hydrogen-bond acceptors (Lipinski definition) is 2. The molecule has 2 aromatic rings. The van der Waals surface area contributed by atoms with Gasteiger partial charge in [0.25, 0.3) is 0 Å². The average molecular weight is 338 g/mol. The van der Waals surface area contributed by atoms with Gasteiger partial charge in [0.2, 0.25) is 5.60 Å². The van der Waals surface area contributed by atoms with Gasteiger partial charge in [-0.15, -0.1) is 0 Å². The Balaban J connectivity index is 2.54. The Kier molecular flexibility index (Phi) is 4.70. The second kappa shape index (κ2) is 6.27. The minimum Gasteiger partial charge on any atom is -0.374 e. The van der Waals surface area contributed by atoms with Gasteiger partial charge in [0.05, 0.1) is 0 Å². The van der Waals surface area contributed by atoms with Crippen molar-refractivity contribution in [3.05, 3.63) is 71.5 Å². The van der Waals surface area contributed by atoms with Crippen LogP contribution in [0.3, 0.4) is 0 Å². The molecule has 2 atom stereocenters. The fourth-order valence-electron chi connectivity index (χ4n) is 2.12. The van der Waals surface area contributed by atoms with E-state index in [-0.39, 0.29) is 5.56 Å². The molecule has 0 bridgehead atoms. The third-order valence-electron chi connectivity index (χ3n) is 3.49. The summed E-state index contributed by atoms with van der Waals surface area (Å²) < 4.78 is 53.8. The van der Waals surface area contributed by atoms with E-state index < -0.39 is 28.8 Å². The van der Waals surface area contributed by atoms with Crippen molar-refractivity contribution in [3.63, 3.8) is 0 Å². The van der Waals surface area contributed by atoms with Gasteiger partial charge in [-0.3, -0.25) is 0 Å². The van der Waals surface area contributed by atoms with E-state index in [1.54, 1.807) is 5.92 Å². The highest BCUT2D eigenvalue weighted by molar-refractivity contribution is 5.38. The number of alkyl halides is 3. The lowest BCUT2D eigenvalue weighted by Crippen LogP contribution is -2.41. The van der Waals surface area contributed by atoms with Gasteiger partial charge >= 0.3 is 6.18 Å². The number of halogens is 4. The first kappa shape index (κ1) is 18.0. The average Bonchev–Trinajstić information content (AvgIpc) is 2.52. The van der Waals surface area contributed by atoms with Crippen molar-refractivity contribution in [1.29, 1.82) is 0 Å². The minimum absolute atomic E-state index is 0.282. The molecule has 0 amide bonds. The molecule has 0 aromatic heterocycles. The molecule has 0 aliphatic heterocycles. The predicted molar refractivity (Wildman–Crippen MR) is 80.1 cm³/mol. The first-order valence-corrected chi connectivity index (χ1v) is 6.94. The van der Waals surface area contributed by atoms with E-state index in [1.807, 2.05) is 5.92 Å². The highest BCUT2D eigenvalue weighted by Crippen LogP contribution is 2.38. The van der Waals surface area contributed by atoms with Gasteiger partial charge in [-0.25, -0.2) is 4.39 Å². The molecule has 2 aromatic carbocycles. The van der Waals surface area contributed by atoms with E-state index in [4.69, 9.17) is 0 Å². The number of rotatable bonds is 2. The summed E-state index contributed by atoms with van der Waals surface area (Å²) in [4.78, 5) is 0. The zero-order valence-corrected chi connectivity index (χ0v) is 12.6. The molecule has 0 heterocycles. The quantitative estimate of drug-likeness (QED) is 0.650. The van der Waals surface area contributed by atoms with Gasteiger partial charge in [0.1, 0.15) is 5.82 Å². The van der Waals surface area contributed by atoms with Crippen molar-refractivity contribution >= 4 is 0 Å². The van der Waals surface area contributed by atoms with E-state index in [0.717, 1.165) is 25.1 Å². The highest BCUT2D eigenvalue weighted by atomic mass is 19.4. The van der Waals surface area contributed by atoms with Gasteiger partial charge in [-0.05, 0) is 13.0 Å². The normalized spacial score (nSPS) is 16.5. The minimum atomic E-state index is -5.10. The molecule has 0 aliphatic carbocycles. The molecule has 0 radical (unpaired) electrons. The van der Waals surface area contributed by atoms with E-state index >= 15 is 0 Å². The van der Waals surface area contributed by atoms with Crippen molar-refractivity contribution in [1.82, 2.24) is 0 Å². The van der Waals surface area contributed by atoms with Gasteiger partial charge in [-0.1, -0.05) is 60.4 Å². The molecule has 0 spiro atoms. The molecular formula is C18H14F4O2. The molecular weight excluding hydrogens is 324 g/mol. The summed E-state index contributed by atoms with van der Waals surface area (Å²) in [5, 5.41) is 20.3. The zero-order valence-electron chi connectivity index (χ0n) is 12.6. The second-order valence-electron chi connectivity index (χ2n) is 5.38. The van der Waals surface area contributed by atoms with Crippen LogP contribution in [0.1, 0.15) is 18.1 Å². The lowest BCUT2D eigenvalue weighted by molar-refractivity contribution is -0.240. The maximum Gasteiger partial charge on any atom is 0.433 e. The second-order valence-corrected chi connectivity index (χ2v) is 5.38. The Labute approximate surface area is 136 Å². The molecule has 24 heavy (non-hydrogen) atoms. The van der Waals surface area contributed by atoms with Gasteiger partial charge in [0.15, 0.2) is 5.60 Å². The Bertz CT molecular complexity index is 773. The molecule has 6 heteroatoms. The Hall–Kier alpha value is -2.36. The lowest BCUT2D eigenvalue weighted by Gasteiger charge is -2.26. The van der Waals surface area contributed by atoms with Crippen LogP contribution in [0, 0.1) is 17.7 Å². The van der Waals surface area contributed by atoms with E-state index in [9.17, 15) is 27.8 Å². The highest BCUT2D eigenvalue weighted by Gasteiger charge is 2.54. The van der Waals surface area contributed by atoms with Crippen LogP contribution in [0.4, 0.5) is 17.6 Å². The number of hydrogen-bond donors (Lipinski definition) is 2. The van der Waals surface area contributed by atoms with Crippen LogP contribution in [-0.2, 0) is 11.2 Å². The summed E-state index contributed by atoms with van der Waals surface area (Å²) >= 11 is 0. The molecule has 0 saturated carbocycles. The predicted octanol–water partition coefficient (Wildman–Crippen LogP) is 3.49. The van der Waals surface area contributed by atoms with Crippen LogP contribution in [0.15, 0.2) is 54.6 Å². The third-order valence-corrected chi connectivity index (χ3v) is 3.49. The van der Waals surface area contributed by atoms with Crippen LogP contribution < -0.4 is 0 Å². The topological polar surface area (TPSA) is 40.5 Å². The fourth-order valence-corrected chi connectivity index (χ4v) is 2.12. The van der Waals surface area contributed by atoms with Gasteiger partial charge < -0.3 is 10.2 Å². The third kappa shape index (κ3) is 3.42. The van der Waals surface area contributed by atoms with Crippen molar-refractivity contribution in [2.45, 2.75) is 24.3 Å². The standard InChI is InChI=1S/C18H14F4O2/c1-16(23,14-9-5-6-10-15(14)19)11-12-17(24,18(20,21)22)13-7-3-2-4-8-13/h2-10,23-24H,1H3/t16-,17+/m1/s1. The zero-order chi connectivity index (χ0) is 18.0. The Morgan fingerprint density at radius 1 is 0.833 bits per heavy atom. The summed E-state index contributed by atoms with van der Waals surface area (Å²) in [6.07, 6.45) is -5.10. The molecule has 2 rings (SSSR count). The van der Waals surface area contributed by atoms with Crippen molar-refractivity contribution in [3.8, 4) is 11.8 Å². The van der Waals surface area contributed by atoms with Crippen molar-refractivity contribution in [2.24, 2.45) is 0 Å². The van der Waals surface area contributed by atoms with Crippen molar-refractivity contribution in [2.75, 3.05) is 0 Å². The fraction of sp³-hybridized carbons (Fsp3) is 0.222. The lowest BCUT2D eigenvalue weighted by atomic mass is 9.90. The van der Waals surface area contributed by atoms with E-state index in [1.165, 1.54) is 36.4 Å². The van der Waals surface area contributed by atoms with E-state index in [0.29, 0.717) is 0 Å². The summed E-state index contributed by atoms with van der Waals surface area (Å²) in [6, 6.07) is 11.3. The molecule has 2 N–H and O–H groups in total. The molecule has 2 nitrogen and oxygen atoms in total. The van der Waals surface area contributed by atoms with E-state index in [2.05, 4.69) is 0 Å². The smallest absolute Gasteiger partial charge is 0.374 e. The molecule has 0 aliphatic rings. The molecule has 0 fully saturated rings. The Morgan fingerprint density at radius 3 is 1.92 bits per heavy atom. The van der Waals surface area contributed by atoms with Crippen LogP contribution in [0.25, 0.3) is 0 Å². The Morgan fingerprint density at radius 2 is 1.38 bits per heavy atom. The molecule has 0 unspecified atom stereocenters. The SMILES string of the molecule is C[C@@](O)(C#C[C@](O)(c1ccccc1)C(F)(F)F)c1ccccc1F. The summed E-state index contributed by atoms with van der Waals surface area (Å²) in [5.74, 6) is 2.83. The number of aliphatic hydroxyl groups is 2. The first-order valence-electron chi connectivity index (χ1n) is 6.94.